The number of halogens is 5. The second-order valence-corrected chi connectivity index (χ2v) is 3.65. The van der Waals surface area contributed by atoms with Crippen LogP contribution in [0.1, 0.15) is 6.42 Å². The lowest BCUT2D eigenvalue weighted by molar-refractivity contribution is -0.274. The minimum absolute atomic E-state index is 0.130. The van der Waals surface area contributed by atoms with E-state index in [2.05, 4.69) is 0 Å². The lowest BCUT2D eigenvalue weighted by Crippen LogP contribution is -2.51. The van der Waals surface area contributed by atoms with Gasteiger partial charge in [-0.3, -0.25) is 9.59 Å². The number of carboxylic acid groups (broad SMARTS) is 1. The van der Waals surface area contributed by atoms with Gasteiger partial charge in [0.2, 0.25) is 0 Å². The molecule has 0 radical (unpaired) electrons. The highest BCUT2D eigenvalue weighted by Gasteiger charge is 2.65. The minimum atomic E-state index is -5.97. The van der Waals surface area contributed by atoms with Gasteiger partial charge >= 0.3 is 24.0 Å². The van der Waals surface area contributed by atoms with Crippen LogP contribution in [-0.2, 0) is 9.59 Å². The van der Waals surface area contributed by atoms with Crippen LogP contribution in [-0.4, -0.2) is 47.1 Å². The maximum atomic E-state index is 12.6. The molecule has 98 valence electrons. The predicted octanol–water partition coefficient (Wildman–Crippen LogP) is 1.12. The van der Waals surface area contributed by atoms with E-state index in [1.54, 1.807) is 0 Å². The summed E-state index contributed by atoms with van der Waals surface area (Å²) in [5.41, 5.74) is 0. The van der Waals surface area contributed by atoms with Gasteiger partial charge in [0.05, 0.1) is 5.92 Å². The van der Waals surface area contributed by atoms with Gasteiger partial charge in [-0.25, -0.2) is 0 Å². The number of alkyl halides is 5. The van der Waals surface area contributed by atoms with E-state index in [1.807, 2.05) is 0 Å². The molecule has 0 aromatic rings. The third-order valence-corrected chi connectivity index (χ3v) is 2.45. The number of rotatable bonds is 2. The van der Waals surface area contributed by atoms with E-state index >= 15 is 0 Å². The van der Waals surface area contributed by atoms with Crippen LogP contribution in [0, 0.1) is 5.92 Å². The molecule has 1 saturated heterocycles. The van der Waals surface area contributed by atoms with Crippen LogP contribution in [0.15, 0.2) is 0 Å². The number of carbonyl (C=O) groups excluding carboxylic acids is 1. The van der Waals surface area contributed by atoms with Gasteiger partial charge in [-0.05, 0) is 6.42 Å². The van der Waals surface area contributed by atoms with Gasteiger partial charge in [-0.15, -0.1) is 0 Å². The second kappa shape index (κ2) is 4.11. The summed E-state index contributed by atoms with van der Waals surface area (Å²) in [4.78, 5) is 21.6. The molecular formula is C8H8F5NO3. The van der Waals surface area contributed by atoms with Gasteiger partial charge < -0.3 is 10.0 Å². The molecule has 0 aliphatic carbocycles. The number of nitrogens with zero attached hydrogens (tertiary/aromatic N) is 1. The largest absolute Gasteiger partial charge is 0.481 e. The first-order chi connectivity index (χ1) is 7.57. The molecule has 0 bridgehead atoms. The summed E-state index contributed by atoms with van der Waals surface area (Å²) >= 11 is 0. The molecule has 1 aliphatic heterocycles. The van der Waals surface area contributed by atoms with Crippen LogP contribution in [0.2, 0.25) is 0 Å². The summed E-state index contributed by atoms with van der Waals surface area (Å²) in [7, 11) is 0. The first-order valence-corrected chi connectivity index (χ1v) is 4.54. The number of carboxylic acids is 1. The van der Waals surface area contributed by atoms with Crippen molar-refractivity contribution in [2.45, 2.75) is 18.5 Å². The van der Waals surface area contributed by atoms with Crippen molar-refractivity contribution < 1.29 is 36.6 Å². The first-order valence-electron chi connectivity index (χ1n) is 4.54. The van der Waals surface area contributed by atoms with Crippen LogP contribution in [0.4, 0.5) is 22.0 Å². The SMILES string of the molecule is O=C(O)C1CCN(C(=O)C(F)(F)C(F)(F)F)C1. The van der Waals surface area contributed by atoms with Crippen LogP contribution in [0.25, 0.3) is 0 Å². The van der Waals surface area contributed by atoms with E-state index in [4.69, 9.17) is 5.11 Å². The van der Waals surface area contributed by atoms with Crippen molar-refractivity contribution in [3.63, 3.8) is 0 Å². The Kier molecular flexibility index (Phi) is 3.30. The molecule has 0 aromatic heterocycles. The molecule has 1 fully saturated rings. The molecule has 0 spiro atoms. The van der Waals surface area contributed by atoms with Gasteiger partial charge in [-0.1, -0.05) is 0 Å². The van der Waals surface area contributed by atoms with E-state index in [0.717, 1.165) is 0 Å². The van der Waals surface area contributed by atoms with E-state index in [0.29, 0.717) is 0 Å². The quantitative estimate of drug-likeness (QED) is 0.758. The molecule has 1 aliphatic rings. The van der Waals surface area contributed by atoms with E-state index in [1.165, 1.54) is 0 Å². The maximum Gasteiger partial charge on any atom is 0.463 e. The second-order valence-electron chi connectivity index (χ2n) is 3.65. The summed E-state index contributed by atoms with van der Waals surface area (Å²) in [5.74, 6) is -10.3. The zero-order valence-corrected chi connectivity index (χ0v) is 8.30. The van der Waals surface area contributed by atoms with E-state index in [-0.39, 0.29) is 11.3 Å². The molecule has 1 atom stereocenters. The summed E-state index contributed by atoms with van der Waals surface area (Å²) in [6.45, 7) is -1.04. The van der Waals surface area contributed by atoms with Crippen LogP contribution in [0.3, 0.4) is 0 Å². The van der Waals surface area contributed by atoms with Crippen molar-refractivity contribution in [1.29, 1.82) is 0 Å². The molecule has 1 rings (SSSR count). The fourth-order valence-corrected chi connectivity index (χ4v) is 1.47. The Hall–Kier alpha value is -1.41. The third-order valence-electron chi connectivity index (χ3n) is 2.45. The number of hydrogen-bond acceptors (Lipinski definition) is 2. The van der Waals surface area contributed by atoms with Gasteiger partial charge in [0, 0.05) is 13.1 Å². The Labute approximate surface area is 92.0 Å². The van der Waals surface area contributed by atoms with Crippen molar-refractivity contribution >= 4 is 11.9 Å². The van der Waals surface area contributed by atoms with Crippen molar-refractivity contribution in [1.82, 2.24) is 4.90 Å². The lowest BCUT2D eigenvalue weighted by Gasteiger charge is -2.24. The van der Waals surface area contributed by atoms with Gasteiger partial charge in [0.15, 0.2) is 0 Å². The fourth-order valence-electron chi connectivity index (χ4n) is 1.47. The molecule has 0 aromatic carbocycles. The van der Waals surface area contributed by atoms with Crippen LogP contribution < -0.4 is 0 Å². The monoisotopic (exact) mass is 261 g/mol. The van der Waals surface area contributed by atoms with Crippen molar-refractivity contribution in [3.05, 3.63) is 0 Å². The Morgan fingerprint density at radius 1 is 1.18 bits per heavy atom. The highest BCUT2D eigenvalue weighted by Crippen LogP contribution is 2.37. The van der Waals surface area contributed by atoms with Gasteiger partial charge in [-0.2, -0.15) is 22.0 Å². The standard InChI is InChI=1S/C8H8F5NO3/c9-7(10,8(11,12)13)6(17)14-2-1-4(3-14)5(15)16/h4H,1-3H2,(H,15,16). The molecule has 9 heteroatoms. The number of hydrogen-bond donors (Lipinski definition) is 1. The molecule has 1 heterocycles. The lowest BCUT2D eigenvalue weighted by atomic mass is 10.1. The highest BCUT2D eigenvalue weighted by atomic mass is 19.4. The first kappa shape index (κ1) is 13.7. The molecule has 1 unspecified atom stereocenters. The fraction of sp³-hybridized carbons (Fsp3) is 0.750. The molecule has 4 nitrogen and oxygen atoms in total. The third kappa shape index (κ3) is 2.47. The van der Waals surface area contributed by atoms with E-state index in [9.17, 15) is 31.5 Å². The highest BCUT2D eigenvalue weighted by molar-refractivity contribution is 5.85. The Balaban J connectivity index is 2.77. The van der Waals surface area contributed by atoms with Crippen molar-refractivity contribution in [3.8, 4) is 0 Å². The summed E-state index contributed by atoms with van der Waals surface area (Å²) in [6.07, 6.45) is -6.10. The summed E-state index contributed by atoms with van der Waals surface area (Å²) in [5, 5.41) is 8.53. The Morgan fingerprint density at radius 2 is 1.71 bits per heavy atom. The number of amides is 1. The number of aliphatic carboxylic acids is 1. The number of carbonyl (C=O) groups is 2. The molecule has 1 N–H and O–H groups in total. The van der Waals surface area contributed by atoms with Crippen molar-refractivity contribution in [2.24, 2.45) is 5.92 Å². The van der Waals surface area contributed by atoms with Crippen molar-refractivity contribution in [2.75, 3.05) is 13.1 Å². The normalized spacial score (nSPS) is 21.7. The predicted molar refractivity (Wildman–Crippen MR) is 43.3 cm³/mol. The summed E-state index contributed by atoms with van der Waals surface area (Å²) in [6, 6.07) is 0. The Morgan fingerprint density at radius 3 is 2.06 bits per heavy atom. The summed E-state index contributed by atoms with van der Waals surface area (Å²) < 4.78 is 60.9. The van der Waals surface area contributed by atoms with Gasteiger partial charge in [0.1, 0.15) is 0 Å². The topological polar surface area (TPSA) is 57.6 Å². The average molecular weight is 261 g/mol. The zero-order chi connectivity index (χ0) is 13.4. The molecule has 1 amide bonds. The number of likely N-dealkylation sites (tertiary alicyclic amines) is 1. The average Bonchev–Trinajstić information content (AvgIpc) is 2.63. The van der Waals surface area contributed by atoms with E-state index < -0.39 is 43.0 Å². The molecule has 17 heavy (non-hydrogen) atoms. The maximum absolute atomic E-state index is 12.6. The smallest absolute Gasteiger partial charge is 0.463 e. The minimum Gasteiger partial charge on any atom is -0.481 e. The van der Waals surface area contributed by atoms with Crippen LogP contribution in [0.5, 0.6) is 0 Å². The van der Waals surface area contributed by atoms with Crippen LogP contribution >= 0.6 is 0 Å². The zero-order valence-electron chi connectivity index (χ0n) is 8.30. The molecular weight excluding hydrogens is 253 g/mol. The van der Waals surface area contributed by atoms with Gasteiger partial charge in [0.25, 0.3) is 0 Å². The molecule has 0 saturated carbocycles. The Bertz CT molecular complexity index is 341.